The van der Waals surface area contributed by atoms with Gasteiger partial charge >= 0.3 is 5.97 Å². The Kier molecular flexibility index (Phi) is 12.3. The van der Waals surface area contributed by atoms with Crippen molar-refractivity contribution in [3.05, 3.63) is 58.1 Å². The Morgan fingerprint density at radius 1 is 0.946 bits per heavy atom. The van der Waals surface area contributed by atoms with E-state index in [0.29, 0.717) is 6.42 Å². The zero-order valence-corrected chi connectivity index (χ0v) is 21.5. The second-order valence-electron chi connectivity index (χ2n) is 7.95. The number of carboxylic acids is 1. The topological polar surface area (TPSA) is 117 Å². The van der Waals surface area contributed by atoms with Gasteiger partial charge in [-0.15, -0.1) is 0 Å². The molecule has 0 aliphatic heterocycles. The molecule has 0 bridgehead atoms. The molecule has 0 aliphatic rings. The number of hydrogen-bond donors (Lipinski definition) is 3. The second kappa shape index (κ2) is 15.2. The smallest absolute Gasteiger partial charge is 0.304 e. The molecular formula is C24H27Cl2F2N3O6. The minimum absolute atomic E-state index is 0.0626. The molecule has 0 saturated carbocycles. The van der Waals surface area contributed by atoms with E-state index in [9.17, 15) is 23.2 Å². The van der Waals surface area contributed by atoms with Crippen LogP contribution in [0.15, 0.2) is 36.4 Å². The van der Waals surface area contributed by atoms with Crippen molar-refractivity contribution in [2.24, 2.45) is 0 Å². The van der Waals surface area contributed by atoms with E-state index in [2.05, 4.69) is 10.6 Å². The summed E-state index contributed by atoms with van der Waals surface area (Å²) in [5, 5.41) is 14.2. The number of amides is 2. The van der Waals surface area contributed by atoms with Crippen molar-refractivity contribution in [3.8, 4) is 11.5 Å². The quantitative estimate of drug-likeness (QED) is 0.306. The third kappa shape index (κ3) is 11.2. The zero-order valence-electron chi connectivity index (χ0n) is 19.9. The molecule has 1 atom stereocenters. The van der Waals surface area contributed by atoms with Gasteiger partial charge < -0.3 is 30.1 Å². The lowest BCUT2D eigenvalue weighted by molar-refractivity contribution is -0.137. The zero-order chi connectivity index (χ0) is 27.4. The van der Waals surface area contributed by atoms with Crippen LogP contribution in [0.5, 0.6) is 11.5 Å². The van der Waals surface area contributed by atoms with Crippen molar-refractivity contribution in [2.45, 2.75) is 18.9 Å². The van der Waals surface area contributed by atoms with Gasteiger partial charge in [0, 0.05) is 37.8 Å². The highest BCUT2D eigenvalue weighted by molar-refractivity contribution is 6.31. The molecule has 0 saturated heterocycles. The van der Waals surface area contributed by atoms with E-state index in [1.165, 1.54) is 24.3 Å². The number of carboxylic acid groups (broad SMARTS) is 1. The van der Waals surface area contributed by atoms with Crippen molar-refractivity contribution in [3.63, 3.8) is 0 Å². The Morgan fingerprint density at radius 2 is 1.46 bits per heavy atom. The van der Waals surface area contributed by atoms with Crippen LogP contribution in [0, 0.1) is 11.6 Å². The lowest BCUT2D eigenvalue weighted by atomic mass is 10.1. The van der Waals surface area contributed by atoms with Crippen molar-refractivity contribution in [2.75, 3.05) is 39.9 Å². The predicted octanol–water partition coefficient (Wildman–Crippen LogP) is 3.13. The lowest BCUT2D eigenvalue weighted by Crippen LogP contribution is -2.45. The molecular weight excluding hydrogens is 535 g/mol. The molecule has 9 nitrogen and oxygen atoms in total. The van der Waals surface area contributed by atoms with Crippen LogP contribution in [-0.2, 0) is 14.4 Å². The van der Waals surface area contributed by atoms with Crippen LogP contribution in [-0.4, -0.2) is 73.7 Å². The third-order valence-electron chi connectivity index (χ3n) is 5.16. The van der Waals surface area contributed by atoms with Gasteiger partial charge in [-0.05, 0) is 37.7 Å². The van der Waals surface area contributed by atoms with E-state index in [1.807, 2.05) is 0 Å². The molecule has 2 amide bonds. The lowest BCUT2D eigenvalue weighted by Gasteiger charge is -2.28. The fourth-order valence-corrected chi connectivity index (χ4v) is 3.31. The van der Waals surface area contributed by atoms with Crippen LogP contribution < -0.4 is 20.1 Å². The standard InChI is InChI=1S/C24H27Cl2F2N3O6/c1-31(9-7-24(34)35)15(12-30-23(33)14-37-17-3-5-19(26)21(28)11-17)6-8-29-22(32)13-36-16-2-4-18(25)20(27)10-16/h2-5,10-11,15H,6-9,12-14H2,1H3,(H,29,32)(H,30,33)(H,34,35). The number of halogens is 4. The van der Waals surface area contributed by atoms with E-state index >= 15 is 0 Å². The minimum atomic E-state index is -0.970. The van der Waals surface area contributed by atoms with E-state index < -0.39 is 29.4 Å². The first-order valence-electron chi connectivity index (χ1n) is 11.2. The highest BCUT2D eigenvalue weighted by Crippen LogP contribution is 2.21. The Hall–Kier alpha value is -3.15. The highest BCUT2D eigenvalue weighted by atomic mass is 35.5. The van der Waals surface area contributed by atoms with Gasteiger partial charge in [0.2, 0.25) is 0 Å². The average molecular weight is 562 g/mol. The Labute approximate surface area is 222 Å². The summed E-state index contributed by atoms with van der Waals surface area (Å²) < 4.78 is 37.5. The van der Waals surface area contributed by atoms with Crippen LogP contribution in [0.4, 0.5) is 8.78 Å². The summed E-state index contributed by atoms with van der Waals surface area (Å²) in [6, 6.07) is 7.30. The van der Waals surface area contributed by atoms with Crippen molar-refractivity contribution >= 4 is 41.0 Å². The summed E-state index contributed by atoms with van der Waals surface area (Å²) in [7, 11) is 1.70. The summed E-state index contributed by atoms with van der Waals surface area (Å²) in [5.41, 5.74) is 0. The molecule has 0 heterocycles. The summed E-state index contributed by atoms with van der Waals surface area (Å²) in [6.45, 7) is -0.152. The molecule has 202 valence electrons. The molecule has 0 spiro atoms. The highest BCUT2D eigenvalue weighted by Gasteiger charge is 2.18. The molecule has 2 aromatic carbocycles. The maximum atomic E-state index is 13.5. The molecule has 3 N–H and O–H groups in total. The van der Waals surface area contributed by atoms with Crippen LogP contribution in [0.25, 0.3) is 0 Å². The predicted molar refractivity (Wildman–Crippen MR) is 133 cm³/mol. The Morgan fingerprint density at radius 3 is 1.95 bits per heavy atom. The number of carbonyl (C=O) groups is 3. The van der Waals surface area contributed by atoms with E-state index in [1.54, 1.807) is 11.9 Å². The van der Waals surface area contributed by atoms with Crippen LogP contribution in [0.1, 0.15) is 12.8 Å². The summed E-state index contributed by atoms with van der Waals surface area (Å²) >= 11 is 11.2. The fourth-order valence-electron chi connectivity index (χ4n) is 3.08. The maximum absolute atomic E-state index is 13.5. The number of nitrogens with one attached hydrogen (secondary N) is 2. The number of nitrogens with zero attached hydrogens (tertiary/aromatic N) is 1. The average Bonchev–Trinajstić information content (AvgIpc) is 2.85. The molecule has 2 rings (SSSR count). The number of aliphatic carboxylic acids is 1. The largest absolute Gasteiger partial charge is 0.484 e. The molecule has 0 aromatic heterocycles. The van der Waals surface area contributed by atoms with E-state index in [-0.39, 0.29) is 66.9 Å². The van der Waals surface area contributed by atoms with Crippen LogP contribution >= 0.6 is 23.2 Å². The minimum Gasteiger partial charge on any atom is -0.484 e. The molecule has 0 radical (unpaired) electrons. The summed E-state index contributed by atoms with van der Waals surface area (Å²) in [5.74, 6) is -2.95. The van der Waals surface area contributed by atoms with Gasteiger partial charge in [0.05, 0.1) is 16.5 Å². The monoisotopic (exact) mass is 561 g/mol. The molecule has 0 aliphatic carbocycles. The van der Waals surface area contributed by atoms with Gasteiger partial charge in [0.15, 0.2) is 13.2 Å². The van der Waals surface area contributed by atoms with Gasteiger partial charge in [-0.3, -0.25) is 14.4 Å². The van der Waals surface area contributed by atoms with Gasteiger partial charge in [0.25, 0.3) is 11.8 Å². The number of benzene rings is 2. The number of ether oxygens (including phenoxy) is 2. The molecule has 0 fully saturated rings. The number of likely N-dealkylation sites (N-methyl/N-ethyl adjacent to an activating group) is 1. The number of carbonyl (C=O) groups excluding carboxylic acids is 2. The normalized spacial score (nSPS) is 11.6. The first-order chi connectivity index (χ1) is 17.5. The SMILES string of the molecule is CN(CCC(=O)O)C(CCNC(=O)COc1ccc(Cl)c(F)c1)CNC(=O)COc1ccc(Cl)c(F)c1. The van der Waals surface area contributed by atoms with Gasteiger partial charge in [-0.1, -0.05) is 23.2 Å². The first-order valence-corrected chi connectivity index (χ1v) is 11.9. The Bertz CT molecular complexity index is 1090. The first kappa shape index (κ1) is 30.1. The molecule has 1 unspecified atom stereocenters. The van der Waals surface area contributed by atoms with Crippen LogP contribution in [0.3, 0.4) is 0 Å². The van der Waals surface area contributed by atoms with E-state index in [4.69, 9.17) is 37.8 Å². The molecule has 37 heavy (non-hydrogen) atoms. The van der Waals surface area contributed by atoms with Gasteiger partial charge in [-0.2, -0.15) is 0 Å². The Balaban J connectivity index is 1.81. The number of hydrogen-bond acceptors (Lipinski definition) is 6. The number of rotatable bonds is 15. The summed E-state index contributed by atoms with van der Waals surface area (Å²) in [6.07, 6.45) is 0.269. The van der Waals surface area contributed by atoms with Crippen molar-refractivity contribution in [1.29, 1.82) is 0 Å². The van der Waals surface area contributed by atoms with E-state index in [0.717, 1.165) is 12.1 Å². The van der Waals surface area contributed by atoms with Gasteiger partial charge in [0.1, 0.15) is 23.1 Å². The second-order valence-corrected chi connectivity index (χ2v) is 8.76. The van der Waals surface area contributed by atoms with Crippen LogP contribution in [0.2, 0.25) is 10.0 Å². The fraction of sp³-hybridized carbons (Fsp3) is 0.375. The molecule has 13 heteroatoms. The maximum Gasteiger partial charge on any atom is 0.304 e. The summed E-state index contributed by atoms with van der Waals surface area (Å²) in [4.78, 5) is 37.0. The third-order valence-corrected chi connectivity index (χ3v) is 5.77. The molecule has 2 aromatic rings. The van der Waals surface area contributed by atoms with Crippen molar-refractivity contribution < 1.29 is 37.7 Å². The van der Waals surface area contributed by atoms with Crippen molar-refractivity contribution in [1.82, 2.24) is 15.5 Å². The van der Waals surface area contributed by atoms with Gasteiger partial charge in [-0.25, -0.2) is 8.78 Å².